The van der Waals surface area contributed by atoms with E-state index in [1.807, 2.05) is 23.1 Å². The van der Waals surface area contributed by atoms with Crippen molar-refractivity contribution in [1.82, 2.24) is 20.0 Å². The summed E-state index contributed by atoms with van der Waals surface area (Å²) in [6, 6.07) is 14.4. The number of nitrogens with zero attached hydrogens (tertiary/aromatic N) is 4. The molecule has 1 fully saturated rings. The highest BCUT2D eigenvalue weighted by Crippen LogP contribution is 2.37. The average molecular weight is 520 g/mol. The van der Waals surface area contributed by atoms with Crippen molar-refractivity contribution in [1.29, 1.82) is 0 Å². The second-order valence-electron chi connectivity index (χ2n) is 9.51. The minimum atomic E-state index is -0.632. The van der Waals surface area contributed by atoms with Gasteiger partial charge in [0.25, 0.3) is 5.91 Å². The third-order valence-corrected chi connectivity index (χ3v) is 7.44. The highest BCUT2D eigenvalue weighted by molar-refractivity contribution is 6.30. The van der Waals surface area contributed by atoms with Gasteiger partial charge in [-0.05, 0) is 36.2 Å². The van der Waals surface area contributed by atoms with Crippen LogP contribution in [0.3, 0.4) is 0 Å². The van der Waals surface area contributed by atoms with Gasteiger partial charge in [-0.2, -0.15) is 0 Å². The number of hydrogen-bond acceptors (Lipinski definition) is 4. The summed E-state index contributed by atoms with van der Waals surface area (Å²) in [7, 11) is 0. The molecule has 0 saturated carbocycles. The number of halogens is 1. The number of anilines is 1. The van der Waals surface area contributed by atoms with Crippen LogP contribution in [0.4, 0.5) is 10.5 Å². The summed E-state index contributed by atoms with van der Waals surface area (Å²) in [5, 5.41) is 3.45. The van der Waals surface area contributed by atoms with E-state index in [-0.39, 0.29) is 37.5 Å². The molecule has 0 spiro atoms. The van der Waals surface area contributed by atoms with E-state index < -0.39 is 6.04 Å². The molecule has 5 rings (SSSR count). The Kier molecular flexibility index (Phi) is 6.93. The molecule has 37 heavy (non-hydrogen) atoms. The maximum absolute atomic E-state index is 13.6. The quantitative estimate of drug-likeness (QED) is 0.594. The molecule has 0 unspecified atom stereocenters. The van der Waals surface area contributed by atoms with Crippen LogP contribution < -0.4 is 10.2 Å². The summed E-state index contributed by atoms with van der Waals surface area (Å²) >= 11 is 6.20. The van der Waals surface area contributed by atoms with Crippen LogP contribution in [0.25, 0.3) is 0 Å². The Morgan fingerprint density at radius 2 is 1.86 bits per heavy atom. The molecular formula is C28H30ClN5O3. The Bertz CT molecular complexity index is 1280. The number of para-hydroxylation sites is 1. The van der Waals surface area contributed by atoms with Crippen molar-refractivity contribution in [2.45, 2.75) is 13.0 Å². The number of aryl methyl sites for hydroxylation is 1. The largest absolute Gasteiger partial charge is 0.368 e. The van der Waals surface area contributed by atoms with Crippen LogP contribution in [0.5, 0.6) is 0 Å². The monoisotopic (exact) mass is 519 g/mol. The average Bonchev–Trinajstić information content (AvgIpc) is 3.21. The summed E-state index contributed by atoms with van der Waals surface area (Å²) in [6.07, 6.45) is 1.62. The van der Waals surface area contributed by atoms with Crippen molar-refractivity contribution >= 4 is 35.1 Å². The van der Waals surface area contributed by atoms with Crippen LogP contribution in [0.1, 0.15) is 17.2 Å². The Labute approximate surface area is 221 Å². The van der Waals surface area contributed by atoms with Gasteiger partial charge in [-0.25, -0.2) is 4.79 Å². The number of urea groups is 1. The molecule has 0 aromatic heterocycles. The number of hydrogen-bond donors (Lipinski definition) is 1. The fourth-order valence-corrected chi connectivity index (χ4v) is 5.51. The van der Waals surface area contributed by atoms with E-state index in [0.29, 0.717) is 29.4 Å². The summed E-state index contributed by atoms with van der Waals surface area (Å²) in [5.74, 6) is -0.340. The number of benzene rings is 2. The minimum Gasteiger partial charge on any atom is -0.368 e. The lowest BCUT2D eigenvalue weighted by Crippen LogP contribution is -2.51. The number of carbonyl (C=O) groups is 3. The molecule has 192 valence electrons. The van der Waals surface area contributed by atoms with Crippen LogP contribution in [0.15, 0.2) is 72.5 Å². The van der Waals surface area contributed by atoms with Gasteiger partial charge in [-0.1, -0.05) is 48.0 Å². The van der Waals surface area contributed by atoms with Crippen molar-refractivity contribution in [3.05, 3.63) is 88.6 Å². The third kappa shape index (κ3) is 4.81. The lowest BCUT2D eigenvalue weighted by Gasteiger charge is -2.37. The molecule has 0 bridgehead atoms. The summed E-state index contributed by atoms with van der Waals surface area (Å²) in [6.45, 7) is 8.93. The van der Waals surface area contributed by atoms with E-state index in [1.54, 1.807) is 24.3 Å². The van der Waals surface area contributed by atoms with Crippen molar-refractivity contribution in [3.8, 4) is 0 Å². The molecule has 1 N–H and O–H groups in total. The van der Waals surface area contributed by atoms with Crippen LogP contribution in [0, 0.1) is 6.92 Å². The minimum absolute atomic E-state index is 0.0332. The van der Waals surface area contributed by atoms with Gasteiger partial charge in [0.2, 0.25) is 5.91 Å². The molecule has 4 amide bonds. The van der Waals surface area contributed by atoms with Gasteiger partial charge >= 0.3 is 6.03 Å². The second kappa shape index (κ2) is 10.3. The molecule has 8 nitrogen and oxygen atoms in total. The van der Waals surface area contributed by atoms with Crippen molar-refractivity contribution in [2.24, 2.45) is 0 Å². The Balaban J connectivity index is 1.30. The predicted octanol–water partition coefficient (Wildman–Crippen LogP) is 3.35. The highest BCUT2D eigenvalue weighted by Gasteiger charge is 2.44. The summed E-state index contributed by atoms with van der Waals surface area (Å²) in [5.41, 5.74) is 4.20. The standard InChI is InChI=1S/C28H30ClN5O3/c1-3-11-34-23-17-33(27(36)25(23)26(30-28(34)37)20-8-6-9-21(29)16-20)18-24(35)32-14-12-31(13-15-32)22-10-5-4-7-19(22)2/h3-10,16,26H,1,11-15,17-18H2,2H3,(H,30,37)/t26-/m0/s1. The lowest BCUT2D eigenvalue weighted by molar-refractivity contribution is -0.137. The van der Waals surface area contributed by atoms with E-state index in [4.69, 9.17) is 11.6 Å². The molecule has 2 aromatic carbocycles. The molecule has 3 heterocycles. The lowest BCUT2D eigenvalue weighted by atomic mass is 9.95. The topological polar surface area (TPSA) is 76.2 Å². The van der Waals surface area contributed by atoms with Crippen molar-refractivity contribution < 1.29 is 14.4 Å². The van der Waals surface area contributed by atoms with Crippen LogP contribution in [-0.2, 0) is 9.59 Å². The molecule has 0 radical (unpaired) electrons. The van der Waals surface area contributed by atoms with Gasteiger partial charge in [0.05, 0.1) is 23.9 Å². The molecule has 1 saturated heterocycles. The first-order valence-electron chi connectivity index (χ1n) is 12.4. The zero-order valence-corrected chi connectivity index (χ0v) is 21.6. The van der Waals surface area contributed by atoms with Crippen LogP contribution >= 0.6 is 11.6 Å². The van der Waals surface area contributed by atoms with Gasteiger partial charge in [0.1, 0.15) is 6.54 Å². The van der Waals surface area contributed by atoms with E-state index >= 15 is 0 Å². The fraction of sp³-hybridized carbons (Fsp3) is 0.321. The first-order valence-corrected chi connectivity index (χ1v) is 12.8. The fourth-order valence-electron chi connectivity index (χ4n) is 5.31. The number of nitrogens with one attached hydrogen (secondary N) is 1. The molecule has 0 aliphatic carbocycles. The van der Waals surface area contributed by atoms with Crippen LogP contribution in [0.2, 0.25) is 5.02 Å². The summed E-state index contributed by atoms with van der Waals surface area (Å²) in [4.78, 5) is 47.0. The first kappa shape index (κ1) is 24.9. The molecule has 1 atom stereocenters. The zero-order chi connectivity index (χ0) is 26.1. The third-order valence-electron chi connectivity index (χ3n) is 7.20. The Morgan fingerprint density at radius 3 is 2.57 bits per heavy atom. The van der Waals surface area contributed by atoms with E-state index in [9.17, 15) is 14.4 Å². The van der Waals surface area contributed by atoms with Gasteiger partial charge in [0.15, 0.2) is 0 Å². The van der Waals surface area contributed by atoms with Gasteiger partial charge in [-0.3, -0.25) is 14.5 Å². The van der Waals surface area contributed by atoms with Crippen molar-refractivity contribution in [2.75, 3.05) is 50.7 Å². The van der Waals surface area contributed by atoms with E-state index in [0.717, 1.165) is 18.7 Å². The molecule has 3 aliphatic rings. The maximum atomic E-state index is 13.6. The van der Waals surface area contributed by atoms with Crippen molar-refractivity contribution in [3.63, 3.8) is 0 Å². The Morgan fingerprint density at radius 1 is 1.11 bits per heavy atom. The summed E-state index contributed by atoms with van der Waals surface area (Å²) < 4.78 is 0. The maximum Gasteiger partial charge on any atom is 0.322 e. The Hall–Kier alpha value is -3.78. The van der Waals surface area contributed by atoms with Gasteiger partial charge < -0.3 is 20.0 Å². The normalized spacial score (nSPS) is 19.8. The number of rotatable bonds is 6. The van der Waals surface area contributed by atoms with Crippen LogP contribution in [-0.4, -0.2) is 78.4 Å². The number of carbonyl (C=O) groups excluding carboxylic acids is 3. The second-order valence-corrected chi connectivity index (χ2v) is 9.95. The smallest absolute Gasteiger partial charge is 0.322 e. The molecule has 3 aliphatic heterocycles. The number of piperazine rings is 1. The molecule has 2 aromatic rings. The van der Waals surface area contributed by atoms with Gasteiger partial charge in [0, 0.05) is 43.4 Å². The SMILES string of the molecule is C=CCN1C(=O)N[C@@H](c2cccc(Cl)c2)C2=C1CN(CC(=O)N1CCN(c3ccccc3C)CC1)C2=O. The number of amides is 4. The van der Waals surface area contributed by atoms with Gasteiger partial charge in [-0.15, -0.1) is 6.58 Å². The molecule has 9 heteroatoms. The predicted molar refractivity (Wildman–Crippen MR) is 143 cm³/mol. The molecular weight excluding hydrogens is 490 g/mol. The van der Waals surface area contributed by atoms with E-state index in [2.05, 4.69) is 35.9 Å². The zero-order valence-electron chi connectivity index (χ0n) is 20.8. The highest BCUT2D eigenvalue weighted by atomic mass is 35.5. The van der Waals surface area contributed by atoms with E-state index in [1.165, 1.54) is 21.1 Å². The first-order chi connectivity index (χ1) is 17.9.